The number of aryl methyl sites for hydroxylation is 1. The van der Waals surface area contributed by atoms with Crippen LogP contribution in [0.1, 0.15) is 6.42 Å². The number of nitrogens with zero attached hydrogens (tertiary/aromatic N) is 1. The Morgan fingerprint density at radius 2 is 2.10 bits per heavy atom. The van der Waals surface area contributed by atoms with Crippen molar-refractivity contribution in [1.29, 1.82) is 0 Å². The van der Waals surface area contributed by atoms with E-state index in [1.807, 2.05) is 0 Å². The number of nitrogens with one attached hydrogen (secondary N) is 2. The van der Waals surface area contributed by atoms with Gasteiger partial charge in [-0.3, -0.25) is 14.6 Å². The highest BCUT2D eigenvalue weighted by Gasteiger charge is 2.07. The molecule has 0 spiro atoms. The SMILES string of the molecule is Nc1ccc(NC(=O)CCn2ccc(=O)[nH]c2=O)c(Cl)c1. The molecule has 0 atom stereocenters. The molecule has 0 aliphatic carbocycles. The number of hydrogen-bond donors (Lipinski definition) is 3. The quantitative estimate of drug-likeness (QED) is 0.726. The summed E-state index contributed by atoms with van der Waals surface area (Å²) in [5, 5.41) is 2.96. The fraction of sp³-hybridized carbons (Fsp3) is 0.154. The van der Waals surface area contributed by atoms with Crippen LogP contribution in [-0.4, -0.2) is 15.5 Å². The van der Waals surface area contributed by atoms with Crippen LogP contribution in [0.15, 0.2) is 40.1 Å². The minimum Gasteiger partial charge on any atom is -0.399 e. The Morgan fingerprint density at radius 1 is 1.33 bits per heavy atom. The molecule has 0 radical (unpaired) electrons. The molecule has 0 aliphatic rings. The lowest BCUT2D eigenvalue weighted by Crippen LogP contribution is -2.29. The van der Waals surface area contributed by atoms with Gasteiger partial charge in [-0.1, -0.05) is 11.6 Å². The summed E-state index contributed by atoms with van der Waals surface area (Å²) in [4.78, 5) is 36.3. The highest BCUT2D eigenvalue weighted by atomic mass is 35.5. The molecule has 1 aromatic heterocycles. The van der Waals surface area contributed by atoms with Crippen molar-refractivity contribution in [2.24, 2.45) is 0 Å². The smallest absolute Gasteiger partial charge is 0.328 e. The number of H-pyrrole nitrogens is 1. The van der Waals surface area contributed by atoms with E-state index >= 15 is 0 Å². The fourth-order valence-corrected chi connectivity index (χ4v) is 1.92. The second-order valence-corrected chi connectivity index (χ2v) is 4.75. The molecule has 0 fully saturated rings. The summed E-state index contributed by atoms with van der Waals surface area (Å²) in [6, 6.07) is 5.97. The van der Waals surface area contributed by atoms with Gasteiger partial charge >= 0.3 is 5.69 Å². The van der Waals surface area contributed by atoms with E-state index in [9.17, 15) is 14.4 Å². The first-order valence-corrected chi connectivity index (χ1v) is 6.48. The largest absolute Gasteiger partial charge is 0.399 e. The molecular weight excluding hydrogens is 296 g/mol. The van der Waals surface area contributed by atoms with Crippen molar-refractivity contribution in [1.82, 2.24) is 9.55 Å². The maximum atomic E-state index is 11.8. The van der Waals surface area contributed by atoms with E-state index in [-0.39, 0.29) is 18.9 Å². The zero-order valence-corrected chi connectivity index (χ0v) is 11.7. The van der Waals surface area contributed by atoms with Crippen molar-refractivity contribution in [3.8, 4) is 0 Å². The predicted octanol–water partition coefficient (Wildman–Crippen LogP) is 0.801. The van der Waals surface area contributed by atoms with Gasteiger partial charge in [0.05, 0.1) is 10.7 Å². The molecule has 1 aromatic carbocycles. The summed E-state index contributed by atoms with van der Waals surface area (Å²) in [7, 11) is 0. The number of aromatic amines is 1. The number of aromatic nitrogens is 2. The molecule has 8 heteroatoms. The molecule has 0 saturated heterocycles. The number of carbonyl (C=O) groups excluding carboxylic acids is 1. The molecule has 0 aliphatic heterocycles. The molecule has 4 N–H and O–H groups in total. The molecule has 21 heavy (non-hydrogen) atoms. The number of hydrogen-bond acceptors (Lipinski definition) is 4. The Labute approximate surface area is 124 Å². The Hall–Kier alpha value is -2.54. The van der Waals surface area contributed by atoms with Crippen LogP contribution in [0.3, 0.4) is 0 Å². The number of amides is 1. The molecule has 1 heterocycles. The van der Waals surface area contributed by atoms with Crippen molar-refractivity contribution in [2.45, 2.75) is 13.0 Å². The standard InChI is InChI=1S/C13H13ClN4O3/c14-9-7-8(15)1-2-10(9)16-11(19)3-5-18-6-4-12(20)17-13(18)21/h1-2,4,6-7H,3,5,15H2,(H,16,19)(H,17,20,21). The number of anilines is 2. The van der Waals surface area contributed by atoms with Crippen LogP contribution in [0.5, 0.6) is 0 Å². The van der Waals surface area contributed by atoms with Gasteiger partial charge in [-0.15, -0.1) is 0 Å². The summed E-state index contributed by atoms with van der Waals surface area (Å²) in [6.07, 6.45) is 1.40. The zero-order chi connectivity index (χ0) is 15.4. The van der Waals surface area contributed by atoms with Gasteiger partial charge in [0.15, 0.2) is 0 Å². The number of nitrogens with two attached hydrogens (primary N) is 1. The molecule has 0 unspecified atom stereocenters. The molecule has 1 amide bonds. The van der Waals surface area contributed by atoms with Gasteiger partial charge < -0.3 is 15.6 Å². The van der Waals surface area contributed by atoms with Crippen LogP contribution in [0, 0.1) is 0 Å². The summed E-state index contributed by atoms with van der Waals surface area (Å²) in [5.74, 6) is -0.306. The first kappa shape index (κ1) is 14.9. The number of nitrogen functional groups attached to an aromatic ring is 1. The van der Waals surface area contributed by atoms with Crippen molar-refractivity contribution in [2.75, 3.05) is 11.1 Å². The molecular formula is C13H13ClN4O3. The summed E-state index contributed by atoms with van der Waals surface area (Å²) < 4.78 is 1.24. The van der Waals surface area contributed by atoms with E-state index in [4.69, 9.17) is 17.3 Å². The third-order valence-corrected chi connectivity index (χ3v) is 3.06. The average molecular weight is 309 g/mol. The fourth-order valence-electron chi connectivity index (χ4n) is 1.69. The minimum atomic E-state index is -0.555. The second kappa shape index (κ2) is 6.27. The van der Waals surface area contributed by atoms with Gasteiger partial charge in [-0.05, 0) is 18.2 Å². The topological polar surface area (TPSA) is 110 Å². The van der Waals surface area contributed by atoms with Crippen molar-refractivity contribution < 1.29 is 4.79 Å². The zero-order valence-electron chi connectivity index (χ0n) is 10.9. The van der Waals surface area contributed by atoms with Crippen LogP contribution >= 0.6 is 11.6 Å². The molecule has 110 valence electrons. The lowest BCUT2D eigenvalue weighted by Gasteiger charge is -2.08. The van der Waals surface area contributed by atoms with Crippen LogP contribution in [-0.2, 0) is 11.3 Å². The van der Waals surface area contributed by atoms with Crippen LogP contribution < -0.4 is 22.3 Å². The van der Waals surface area contributed by atoms with Crippen molar-refractivity contribution in [3.05, 3.63) is 56.3 Å². The Morgan fingerprint density at radius 3 is 2.76 bits per heavy atom. The van der Waals surface area contributed by atoms with Crippen LogP contribution in [0.25, 0.3) is 0 Å². The normalized spacial score (nSPS) is 10.3. The molecule has 0 bridgehead atoms. The lowest BCUT2D eigenvalue weighted by molar-refractivity contribution is -0.116. The average Bonchev–Trinajstić information content (AvgIpc) is 2.41. The Kier molecular flexibility index (Phi) is 4.44. The maximum Gasteiger partial charge on any atom is 0.328 e. The number of carbonyl (C=O) groups is 1. The second-order valence-electron chi connectivity index (χ2n) is 4.34. The summed E-state index contributed by atoms with van der Waals surface area (Å²) >= 11 is 5.94. The minimum absolute atomic E-state index is 0.0622. The highest BCUT2D eigenvalue weighted by molar-refractivity contribution is 6.34. The third-order valence-electron chi connectivity index (χ3n) is 2.74. The first-order valence-electron chi connectivity index (χ1n) is 6.10. The van der Waals surface area contributed by atoms with Crippen molar-refractivity contribution in [3.63, 3.8) is 0 Å². The van der Waals surface area contributed by atoms with E-state index in [1.54, 1.807) is 12.1 Å². The number of benzene rings is 1. The number of halogens is 1. The Bertz CT molecular complexity index is 781. The van der Waals surface area contributed by atoms with E-state index in [0.717, 1.165) is 0 Å². The van der Waals surface area contributed by atoms with E-state index in [1.165, 1.54) is 22.9 Å². The first-order chi connectivity index (χ1) is 9.95. The van der Waals surface area contributed by atoms with E-state index < -0.39 is 11.2 Å². The predicted molar refractivity (Wildman–Crippen MR) is 80.4 cm³/mol. The highest BCUT2D eigenvalue weighted by Crippen LogP contribution is 2.24. The van der Waals surface area contributed by atoms with Crippen molar-refractivity contribution >= 4 is 28.9 Å². The van der Waals surface area contributed by atoms with E-state index in [2.05, 4.69) is 10.3 Å². The van der Waals surface area contributed by atoms with Gasteiger partial charge in [-0.2, -0.15) is 0 Å². The number of rotatable bonds is 4. The van der Waals surface area contributed by atoms with Gasteiger partial charge in [0, 0.05) is 30.9 Å². The monoisotopic (exact) mass is 308 g/mol. The maximum absolute atomic E-state index is 11.8. The van der Waals surface area contributed by atoms with Gasteiger partial charge in [0.1, 0.15) is 0 Å². The van der Waals surface area contributed by atoms with Crippen LogP contribution in [0.2, 0.25) is 5.02 Å². The lowest BCUT2D eigenvalue weighted by atomic mass is 10.2. The van der Waals surface area contributed by atoms with Gasteiger partial charge in [0.25, 0.3) is 5.56 Å². The molecule has 7 nitrogen and oxygen atoms in total. The molecule has 0 saturated carbocycles. The van der Waals surface area contributed by atoms with Gasteiger partial charge in [-0.25, -0.2) is 4.79 Å². The summed E-state index contributed by atoms with van der Waals surface area (Å²) in [5.41, 5.74) is 5.47. The Balaban J connectivity index is 1.99. The van der Waals surface area contributed by atoms with E-state index in [0.29, 0.717) is 16.4 Å². The van der Waals surface area contributed by atoms with Crippen LogP contribution in [0.4, 0.5) is 11.4 Å². The third kappa shape index (κ3) is 3.96. The van der Waals surface area contributed by atoms with Gasteiger partial charge in [0.2, 0.25) is 5.91 Å². The summed E-state index contributed by atoms with van der Waals surface area (Å²) in [6.45, 7) is 0.147. The molecule has 2 rings (SSSR count). The molecule has 2 aromatic rings.